The lowest BCUT2D eigenvalue weighted by Crippen LogP contribution is -2.14. The molecule has 0 aliphatic heterocycles. The average Bonchev–Trinajstić information content (AvgIpc) is 2.27. The largest absolute Gasteiger partial charge is 0.496 e. The van der Waals surface area contributed by atoms with E-state index in [1.807, 2.05) is 6.07 Å². The first-order chi connectivity index (χ1) is 6.72. The van der Waals surface area contributed by atoms with E-state index in [2.05, 4.69) is 0 Å². The monoisotopic (exact) mass is 262 g/mol. The van der Waals surface area contributed by atoms with Crippen molar-refractivity contribution in [1.82, 2.24) is 0 Å². The molecule has 6 heteroatoms. The Labute approximate surface area is 106 Å². The fourth-order valence-corrected chi connectivity index (χ4v) is 1.11. The van der Waals surface area contributed by atoms with Crippen molar-refractivity contribution in [2.45, 2.75) is 0 Å². The summed E-state index contributed by atoms with van der Waals surface area (Å²) in [5.41, 5.74) is 6.01. The van der Waals surface area contributed by atoms with E-state index in [4.69, 9.17) is 15.7 Å². The van der Waals surface area contributed by atoms with E-state index in [0.717, 1.165) is 0 Å². The van der Waals surface area contributed by atoms with Gasteiger partial charge in [-0.05, 0) is 18.2 Å². The smallest absolute Gasteiger partial charge is 0.180 e. The summed E-state index contributed by atoms with van der Waals surface area (Å²) in [6.07, 6.45) is 0. The van der Waals surface area contributed by atoms with Gasteiger partial charge in [0.1, 0.15) is 5.75 Å². The van der Waals surface area contributed by atoms with Gasteiger partial charge in [0.2, 0.25) is 0 Å². The maximum atomic E-state index is 11.3. The number of nitriles is 1. The van der Waals surface area contributed by atoms with Crippen LogP contribution in [0.4, 0.5) is 0 Å². The highest BCUT2D eigenvalue weighted by molar-refractivity contribution is 6.00. The van der Waals surface area contributed by atoms with Gasteiger partial charge in [-0.25, -0.2) is 0 Å². The van der Waals surface area contributed by atoms with Crippen molar-refractivity contribution in [2.75, 3.05) is 13.7 Å². The summed E-state index contributed by atoms with van der Waals surface area (Å²) in [6.45, 7) is -0.0920. The molecule has 0 unspecified atom stereocenters. The van der Waals surface area contributed by atoms with Crippen LogP contribution in [0.1, 0.15) is 15.9 Å². The summed E-state index contributed by atoms with van der Waals surface area (Å²) in [6, 6.07) is 6.60. The molecule has 0 heterocycles. The Morgan fingerprint density at radius 3 is 2.56 bits per heavy atom. The number of methoxy groups -OCH3 is 1. The predicted molar refractivity (Wildman–Crippen MR) is 65.6 cm³/mol. The van der Waals surface area contributed by atoms with Gasteiger partial charge in [-0.15, -0.1) is 24.8 Å². The van der Waals surface area contributed by atoms with E-state index < -0.39 is 0 Å². The van der Waals surface area contributed by atoms with Crippen LogP contribution in [0.2, 0.25) is 0 Å². The molecule has 1 rings (SSSR count). The molecular formula is C10H12Cl2N2O2. The molecule has 16 heavy (non-hydrogen) atoms. The molecule has 88 valence electrons. The lowest BCUT2D eigenvalue weighted by molar-refractivity contribution is 0.0998. The van der Waals surface area contributed by atoms with Gasteiger partial charge in [0, 0.05) is 0 Å². The molecule has 1 aromatic carbocycles. The molecule has 0 amide bonds. The second-order valence-corrected chi connectivity index (χ2v) is 2.65. The first-order valence-corrected chi connectivity index (χ1v) is 4.04. The van der Waals surface area contributed by atoms with Crippen molar-refractivity contribution in [3.8, 4) is 11.8 Å². The third-order valence-corrected chi connectivity index (χ3v) is 1.81. The minimum absolute atomic E-state index is 0. The molecule has 0 saturated heterocycles. The van der Waals surface area contributed by atoms with Crippen molar-refractivity contribution in [1.29, 1.82) is 5.26 Å². The summed E-state index contributed by atoms with van der Waals surface area (Å²) in [7, 11) is 1.47. The van der Waals surface area contributed by atoms with Gasteiger partial charge in [-0.3, -0.25) is 4.79 Å². The van der Waals surface area contributed by atoms with Crippen LogP contribution in [0.25, 0.3) is 0 Å². The molecule has 1 aromatic rings. The number of halogens is 2. The first kappa shape index (κ1) is 17.1. The van der Waals surface area contributed by atoms with Gasteiger partial charge in [0.25, 0.3) is 0 Å². The summed E-state index contributed by atoms with van der Waals surface area (Å²) >= 11 is 0. The maximum absolute atomic E-state index is 11.3. The Morgan fingerprint density at radius 1 is 1.50 bits per heavy atom. The summed E-state index contributed by atoms with van der Waals surface area (Å²) in [4.78, 5) is 11.3. The van der Waals surface area contributed by atoms with E-state index in [9.17, 15) is 4.79 Å². The number of benzene rings is 1. The number of hydrogen-bond acceptors (Lipinski definition) is 4. The molecule has 0 radical (unpaired) electrons. The molecule has 2 N–H and O–H groups in total. The van der Waals surface area contributed by atoms with Gasteiger partial charge in [0.15, 0.2) is 5.78 Å². The Bertz CT molecular complexity index is 402. The summed E-state index contributed by atoms with van der Waals surface area (Å²) in [5.74, 6) is 0.207. The second kappa shape index (κ2) is 7.94. The van der Waals surface area contributed by atoms with Crippen molar-refractivity contribution in [3.05, 3.63) is 29.3 Å². The lowest BCUT2D eigenvalue weighted by atomic mass is 10.1. The van der Waals surface area contributed by atoms with E-state index in [-0.39, 0.29) is 37.1 Å². The summed E-state index contributed by atoms with van der Waals surface area (Å²) < 4.78 is 4.98. The highest BCUT2D eigenvalue weighted by Gasteiger charge is 2.10. The molecule has 0 aliphatic rings. The summed E-state index contributed by atoms with van der Waals surface area (Å²) in [5, 5.41) is 8.65. The van der Waals surface area contributed by atoms with Gasteiger partial charge >= 0.3 is 0 Å². The van der Waals surface area contributed by atoms with Crippen molar-refractivity contribution >= 4 is 30.6 Å². The van der Waals surface area contributed by atoms with Crippen molar-refractivity contribution in [3.63, 3.8) is 0 Å². The standard InChI is InChI=1S/C10H10N2O2.2ClH/c1-14-10-3-2-7(5-11)4-8(10)9(13)6-12;;/h2-4H,6,12H2,1H3;2*1H. The first-order valence-electron chi connectivity index (χ1n) is 4.04. The number of carbonyl (C=O) groups is 1. The van der Waals surface area contributed by atoms with Crippen LogP contribution in [0.5, 0.6) is 5.75 Å². The Hall–Kier alpha value is -1.28. The predicted octanol–water partition coefficient (Wildman–Crippen LogP) is 1.55. The average molecular weight is 263 g/mol. The number of carbonyl (C=O) groups excluding carboxylic acids is 1. The second-order valence-electron chi connectivity index (χ2n) is 2.65. The fourth-order valence-electron chi connectivity index (χ4n) is 1.11. The molecule has 0 aromatic heterocycles. The zero-order valence-electron chi connectivity index (χ0n) is 8.60. The van der Waals surface area contributed by atoms with Gasteiger partial charge in [-0.2, -0.15) is 5.26 Å². The molecule has 0 saturated carbocycles. The number of nitrogens with two attached hydrogens (primary N) is 1. The number of Topliss-reactive ketones (excluding diaryl/α,β-unsaturated/α-hetero) is 1. The highest BCUT2D eigenvalue weighted by Crippen LogP contribution is 2.19. The van der Waals surface area contributed by atoms with Crippen LogP contribution in [-0.4, -0.2) is 19.4 Å². The molecule has 4 nitrogen and oxygen atoms in total. The zero-order valence-corrected chi connectivity index (χ0v) is 10.2. The number of nitrogens with zero attached hydrogens (tertiary/aromatic N) is 1. The molecule has 0 spiro atoms. The Balaban J connectivity index is 0. The number of ketones is 1. The van der Waals surface area contributed by atoms with Crippen LogP contribution in [-0.2, 0) is 0 Å². The molecule has 0 atom stereocenters. The third kappa shape index (κ3) is 3.70. The van der Waals surface area contributed by atoms with E-state index in [0.29, 0.717) is 16.9 Å². The molecule has 0 bridgehead atoms. The maximum Gasteiger partial charge on any atom is 0.180 e. The zero-order chi connectivity index (χ0) is 10.6. The van der Waals surface area contributed by atoms with Crippen molar-refractivity contribution in [2.24, 2.45) is 5.73 Å². The fraction of sp³-hybridized carbons (Fsp3) is 0.200. The number of ether oxygens (including phenoxy) is 1. The minimum Gasteiger partial charge on any atom is -0.496 e. The highest BCUT2D eigenvalue weighted by atomic mass is 35.5. The molecular weight excluding hydrogens is 251 g/mol. The van der Waals surface area contributed by atoms with Gasteiger partial charge < -0.3 is 10.5 Å². The van der Waals surface area contributed by atoms with Gasteiger partial charge in [0.05, 0.1) is 30.9 Å². The topological polar surface area (TPSA) is 76.1 Å². The third-order valence-electron chi connectivity index (χ3n) is 1.81. The van der Waals surface area contributed by atoms with Gasteiger partial charge in [-0.1, -0.05) is 0 Å². The van der Waals surface area contributed by atoms with Crippen LogP contribution in [0.15, 0.2) is 18.2 Å². The normalized spacial score (nSPS) is 8.06. The quantitative estimate of drug-likeness (QED) is 0.839. The molecule has 0 aliphatic carbocycles. The minimum atomic E-state index is -0.237. The number of hydrogen-bond donors (Lipinski definition) is 1. The van der Waals surface area contributed by atoms with Crippen LogP contribution >= 0.6 is 24.8 Å². The SMILES string of the molecule is COc1ccc(C#N)cc1C(=O)CN.Cl.Cl. The van der Waals surface area contributed by atoms with E-state index in [1.54, 1.807) is 12.1 Å². The van der Waals surface area contributed by atoms with E-state index in [1.165, 1.54) is 13.2 Å². The van der Waals surface area contributed by atoms with Crippen LogP contribution < -0.4 is 10.5 Å². The van der Waals surface area contributed by atoms with Crippen LogP contribution in [0, 0.1) is 11.3 Å². The Kier molecular flexibility index (Phi) is 8.50. The van der Waals surface area contributed by atoms with E-state index >= 15 is 0 Å². The number of rotatable bonds is 3. The molecule has 0 fully saturated rings. The van der Waals surface area contributed by atoms with Crippen molar-refractivity contribution < 1.29 is 9.53 Å². The lowest BCUT2D eigenvalue weighted by Gasteiger charge is -2.06. The Morgan fingerprint density at radius 2 is 2.12 bits per heavy atom. The van der Waals surface area contributed by atoms with Crippen LogP contribution in [0.3, 0.4) is 0 Å².